The van der Waals surface area contributed by atoms with Gasteiger partial charge in [0.2, 0.25) is 11.8 Å². The van der Waals surface area contributed by atoms with Crippen LogP contribution in [-0.4, -0.2) is 78.3 Å². The number of likely N-dealkylation sites (tertiary alicyclic amines) is 1. The highest BCUT2D eigenvalue weighted by atomic mass is 19.1. The highest BCUT2D eigenvalue weighted by Crippen LogP contribution is 2.19. The quantitative estimate of drug-likeness (QED) is 0.722. The molecule has 7 nitrogen and oxygen atoms in total. The molecule has 2 fully saturated rings. The molecule has 134 valence electrons. The maximum Gasteiger partial charge on any atom is 0.260 e. The van der Waals surface area contributed by atoms with Gasteiger partial charge in [0.05, 0.1) is 12.5 Å². The summed E-state index contributed by atoms with van der Waals surface area (Å²) >= 11 is 0. The molecule has 2 heterocycles. The number of carbonyl (C=O) groups excluding carboxylic acids is 3. The Bertz CT molecular complexity index is 688. The van der Waals surface area contributed by atoms with Crippen molar-refractivity contribution in [1.29, 1.82) is 0 Å². The fourth-order valence-corrected chi connectivity index (χ4v) is 3.10. The molecule has 25 heavy (non-hydrogen) atoms. The number of likely N-dealkylation sites (N-methyl/N-ethyl adjacent to an activating group) is 1. The van der Waals surface area contributed by atoms with Crippen LogP contribution in [0.3, 0.4) is 0 Å². The van der Waals surface area contributed by atoms with Crippen LogP contribution in [-0.2, 0) is 14.4 Å². The molecule has 8 heteroatoms. The second-order valence-corrected chi connectivity index (χ2v) is 6.15. The average molecular weight is 349 g/mol. The number of imide groups is 1. The van der Waals surface area contributed by atoms with Crippen molar-refractivity contribution in [2.24, 2.45) is 0 Å². The molecule has 0 N–H and O–H groups in total. The standard InChI is InChI=1S/C17H20FN3O4/c1-19-15(22)10-13(17(19)24)20-6-8-21(9-7-20)16(23)11-25-14-5-3-2-4-12(14)18/h2-5,13H,6-11H2,1H3. The van der Waals surface area contributed by atoms with Crippen molar-refractivity contribution >= 4 is 17.7 Å². The topological polar surface area (TPSA) is 70.2 Å². The number of piperazine rings is 1. The third-order valence-electron chi connectivity index (χ3n) is 4.65. The predicted octanol–water partition coefficient (Wildman–Crippen LogP) is 0.106. The molecule has 0 radical (unpaired) electrons. The molecule has 0 spiro atoms. The van der Waals surface area contributed by atoms with Crippen molar-refractivity contribution < 1.29 is 23.5 Å². The normalized spacial score (nSPS) is 21.8. The number of benzene rings is 1. The molecule has 3 rings (SSSR count). The summed E-state index contributed by atoms with van der Waals surface area (Å²) in [5, 5.41) is 0. The molecular formula is C17H20FN3O4. The molecule has 1 aromatic carbocycles. The molecule has 0 bridgehead atoms. The first-order valence-electron chi connectivity index (χ1n) is 8.17. The lowest BCUT2D eigenvalue weighted by molar-refractivity contribution is -0.138. The van der Waals surface area contributed by atoms with E-state index in [1.807, 2.05) is 4.90 Å². The van der Waals surface area contributed by atoms with E-state index in [9.17, 15) is 18.8 Å². The van der Waals surface area contributed by atoms with Crippen LogP contribution in [0, 0.1) is 5.82 Å². The first-order valence-corrected chi connectivity index (χ1v) is 8.17. The molecule has 2 aliphatic rings. The number of para-hydroxylation sites is 1. The minimum Gasteiger partial charge on any atom is -0.481 e. The van der Waals surface area contributed by atoms with Crippen LogP contribution >= 0.6 is 0 Å². The largest absolute Gasteiger partial charge is 0.481 e. The molecule has 3 amide bonds. The number of nitrogens with zero attached hydrogens (tertiary/aromatic N) is 3. The van der Waals surface area contributed by atoms with E-state index in [0.29, 0.717) is 26.2 Å². The van der Waals surface area contributed by atoms with E-state index in [4.69, 9.17) is 4.74 Å². The zero-order valence-electron chi connectivity index (χ0n) is 14.0. The van der Waals surface area contributed by atoms with Crippen molar-refractivity contribution in [1.82, 2.24) is 14.7 Å². The molecule has 0 aliphatic carbocycles. The molecule has 0 aromatic heterocycles. The molecule has 2 aliphatic heterocycles. The van der Waals surface area contributed by atoms with Crippen LogP contribution in [0.5, 0.6) is 5.75 Å². The molecule has 2 saturated heterocycles. The van der Waals surface area contributed by atoms with E-state index in [1.165, 1.54) is 19.2 Å². The lowest BCUT2D eigenvalue weighted by Crippen LogP contribution is -2.54. The Balaban J connectivity index is 1.49. The summed E-state index contributed by atoms with van der Waals surface area (Å²) in [4.78, 5) is 40.6. The summed E-state index contributed by atoms with van der Waals surface area (Å²) in [6, 6.07) is 5.51. The van der Waals surface area contributed by atoms with Crippen molar-refractivity contribution in [3.8, 4) is 5.75 Å². The number of ether oxygens (including phenoxy) is 1. The van der Waals surface area contributed by atoms with Gasteiger partial charge in [-0.05, 0) is 12.1 Å². The summed E-state index contributed by atoms with van der Waals surface area (Å²) < 4.78 is 18.7. The highest BCUT2D eigenvalue weighted by molar-refractivity contribution is 6.05. The first-order chi connectivity index (χ1) is 12.0. The van der Waals surface area contributed by atoms with Crippen molar-refractivity contribution in [3.05, 3.63) is 30.1 Å². The number of hydrogen-bond acceptors (Lipinski definition) is 5. The Labute approximate surface area is 144 Å². The van der Waals surface area contributed by atoms with E-state index in [-0.39, 0.29) is 36.5 Å². The summed E-state index contributed by atoms with van der Waals surface area (Å²) in [5.74, 6) is -1.05. The molecule has 0 saturated carbocycles. The van der Waals surface area contributed by atoms with Crippen LogP contribution in [0.25, 0.3) is 0 Å². The van der Waals surface area contributed by atoms with Crippen LogP contribution in [0.1, 0.15) is 6.42 Å². The average Bonchev–Trinajstić information content (AvgIpc) is 2.88. The van der Waals surface area contributed by atoms with Gasteiger partial charge in [-0.15, -0.1) is 0 Å². The van der Waals surface area contributed by atoms with E-state index in [1.54, 1.807) is 17.0 Å². The van der Waals surface area contributed by atoms with Gasteiger partial charge in [0.1, 0.15) is 0 Å². The van der Waals surface area contributed by atoms with E-state index in [0.717, 1.165) is 4.90 Å². The Morgan fingerprint density at radius 2 is 1.88 bits per heavy atom. The molecule has 1 unspecified atom stereocenters. The maximum atomic E-state index is 13.5. The minimum atomic E-state index is -0.506. The summed E-state index contributed by atoms with van der Waals surface area (Å²) in [6.07, 6.45) is 0.194. The number of halogens is 1. The third-order valence-corrected chi connectivity index (χ3v) is 4.65. The maximum absolute atomic E-state index is 13.5. The summed E-state index contributed by atoms with van der Waals surface area (Å²) in [6.45, 7) is 1.69. The number of amides is 3. The molecule has 1 aromatic rings. The number of hydrogen-bond donors (Lipinski definition) is 0. The zero-order valence-corrected chi connectivity index (χ0v) is 14.0. The summed E-state index contributed by atoms with van der Waals surface area (Å²) in [5.41, 5.74) is 0. The van der Waals surface area contributed by atoms with Gasteiger partial charge >= 0.3 is 0 Å². The Morgan fingerprint density at radius 3 is 2.48 bits per heavy atom. The highest BCUT2D eigenvalue weighted by Gasteiger charge is 2.40. The minimum absolute atomic E-state index is 0.0487. The predicted molar refractivity (Wildman–Crippen MR) is 86.2 cm³/mol. The second kappa shape index (κ2) is 7.18. The van der Waals surface area contributed by atoms with Gasteiger partial charge in [-0.25, -0.2) is 4.39 Å². The van der Waals surface area contributed by atoms with Gasteiger partial charge in [-0.3, -0.25) is 24.2 Å². The number of rotatable bonds is 4. The van der Waals surface area contributed by atoms with Crippen LogP contribution in [0.2, 0.25) is 0 Å². The van der Waals surface area contributed by atoms with Crippen molar-refractivity contribution in [3.63, 3.8) is 0 Å². The van der Waals surface area contributed by atoms with Gasteiger partial charge in [0.25, 0.3) is 5.91 Å². The smallest absolute Gasteiger partial charge is 0.260 e. The third kappa shape index (κ3) is 3.63. The SMILES string of the molecule is CN1C(=O)CC(N2CCN(C(=O)COc3ccccc3F)CC2)C1=O. The van der Waals surface area contributed by atoms with Crippen molar-refractivity contribution in [2.45, 2.75) is 12.5 Å². The van der Waals surface area contributed by atoms with Crippen molar-refractivity contribution in [2.75, 3.05) is 39.8 Å². The molecule has 1 atom stereocenters. The fraction of sp³-hybridized carbons (Fsp3) is 0.471. The van der Waals surface area contributed by atoms with Crippen LogP contribution < -0.4 is 4.74 Å². The van der Waals surface area contributed by atoms with E-state index in [2.05, 4.69) is 0 Å². The summed E-state index contributed by atoms with van der Waals surface area (Å²) in [7, 11) is 1.49. The van der Waals surface area contributed by atoms with Gasteiger partial charge in [0, 0.05) is 33.2 Å². The van der Waals surface area contributed by atoms with Crippen LogP contribution in [0.4, 0.5) is 4.39 Å². The fourth-order valence-electron chi connectivity index (χ4n) is 3.10. The van der Waals surface area contributed by atoms with E-state index < -0.39 is 11.9 Å². The Kier molecular flexibility index (Phi) is 4.98. The zero-order chi connectivity index (χ0) is 18.0. The second-order valence-electron chi connectivity index (χ2n) is 6.15. The number of carbonyl (C=O) groups is 3. The lowest BCUT2D eigenvalue weighted by atomic mass is 10.1. The first kappa shape index (κ1) is 17.3. The Morgan fingerprint density at radius 1 is 1.20 bits per heavy atom. The van der Waals surface area contributed by atoms with Gasteiger partial charge in [0.15, 0.2) is 18.2 Å². The Hall–Kier alpha value is -2.48. The van der Waals surface area contributed by atoms with E-state index >= 15 is 0 Å². The monoisotopic (exact) mass is 349 g/mol. The molecular weight excluding hydrogens is 329 g/mol. The van der Waals surface area contributed by atoms with Gasteiger partial charge in [-0.2, -0.15) is 0 Å². The lowest BCUT2D eigenvalue weighted by Gasteiger charge is -2.36. The van der Waals surface area contributed by atoms with Gasteiger partial charge in [-0.1, -0.05) is 12.1 Å². The van der Waals surface area contributed by atoms with Gasteiger partial charge < -0.3 is 9.64 Å². The van der Waals surface area contributed by atoms with Crippen LogP contribution in [0.15, 0.2) is 24.3 Å².